The summed E-state index contributed by atoms with van der Waals surface area (Å²) in [5, 5.41) is 0. The molecule has 0 spiro atoms. The number of hydrogen-bond donors (Lipinski definition) is 0. The standard InChI is InChI=1S/C23H34O2Si/c1-6-23(25-26(3,4)5)14-12-21-20-9-7-16-15-17(24)8-10-18(16)19(20)11-13-22(21,23)2/h1,15,18-21H,7-14H2,2-5H3/t18-,19+,20+,21-,22-,23+/m0/s1. The second-order valence-electron chi connectivity index (χ2n) is 10.5. The maximum Gasteiger partial charge on any atom is 0.185 e. The Hall–Kier alpha value is -0.853. The van der Waals surface area contributed by atoms with Crippen molar-refractivity contribution in [2.45, 2.75) is 83.5 Å². The Morgan fingerprint density at radius 1 is 1.12 bits per heavy atom. The highest BCUT2D eigenvalue weighted by Gasteiger charge is 2.63. The summed E-state index contributed by atoms with van der Waals surface area (Å²) in [6, 6.07) is 0. The summed E-state index contributed by atoms with van der Waals surface area (Å²) in [4.78, 5) is 11.9. The van der Waals surface area contributed by atoms with Gasteiger partial charge < -0.3 is 4.43 Å². The van der Waals surface area contributed by atoms with Crippen molar-refractivity contribution in [3.63, 3.8) is 0 Å². The van der Waals surface area contributed by atoms with Crippen LogP contribution in [0.25, 0.3) is 0 Å². The van der Waals surface area contributed by atoms with Crippen LogP contribution in [0.1, 0.15) is 58.3 Å². The lowest BCUT2D eigenvalue weighted by atomic mass is 9.50. The van der Waals surface area contributed by atoms with Crippen molar-refractivity contribution >= 4 is 14.1 Å². The minimum Gasteiger partial charge on any atom is -0.401 e. The fourth-order valence-corrected chi connectivity index (χ4v) is 8.58. The van der Waals surface area contributed by atoms with Gasteiger partial charge in [-0.1, -0.05) is 18.4 Å². The Bertz CT molecular complexity index is 681. The first kappa shape index (κ1) is 18.5. The van der Waals surface area contributed by atoms with Crippen LogP contribution >= 0.6 is 0 Å². The summed E-state index contributed by atoms with van der Waals surface area (Å²) < 4.78 is 6.76. The van der Waals surface area contributed by atoms with Crippen LogP contribution in [0.2, 0.25) is 19.6 Å². The summed E-state index contributed by atoms with van der Waals surface area (Å²) in [6.45, 7) is 9.25. The van der Waals surface area contributed by atoms with E-state index in [-0.39, 0.29) is 11.0 Å². The molecule has 4 rings (SSSR count). The molecule has 0 unspecified atom stereocenters. The fourth-order valence-electron chi connectivity index (χ4n) is 7.14. The molecular formula is C23H34O2Si. The number of carbonyl (C=O) groups is 1. The number of rotatable bonds is 2. The summed E-state index contributed by atoms with van der Waals surface area (Å²) in [5.41, 5.74) is 1.23. The van der Waals surface area contributed by atoms with Crippen molar-refractivity contribution in [3.05, 3.63) is 11.6 Å². The predicted octanol–water partition coefficient (Wildman–Crippen LogP) is 5.35. The lowest BCUT2D eigenvalue weighted by molar-refractivity contribution is -0.116. The van der Waals surface area contributed by atoms with E-state index in [0.717, 1.165) is 37.5 Å². The first-order chi connectivity index (χ1) is 12.2. The Kier molecular flexibility index (Phi) is 4.32. The molecule has 3 saturated carbocycles. The highest BCUT2D eigenvalue weighted by Crippen LogP contribution is 2.66. The molecule has 0 amide bonds. The first-order valence-electron chi connectivity index (χ1n) is 10.6. The molecule has 26 heavy (non-hydrogen) atoms. The monoisotopic (exact) mass is 370 g/mol. The zero-order valence-electron chi connectivity index (χ0n) is 16.9. The SMILES string of the molecule is C#C[C@@]1(O[Si](C)(C)C)CC[C@H]2[C@@H]3CCC4=CC(=O)CC[C@@H]4[C@H]3CC[C@@]21C. The van der Waals surface area contributed by atoms with Gasteiger partial charge in [-0.25, -0.2) is 0 Å². The second-order valence-corrected chi connectivity index (χ2v) is 14.9. The Labute approximate surface area is 160 Å². The van der Waals surface area contributed by atoms with Crippen LogP contribution in [0.3, 0.4) is 0 Å². The van der Waals surface area contributed by atoms with Gasteiger partial charge >= 0.3 is 0 Å². The highest BCUT2D eigenvalue weighted by atomic mass is 28.4. The van der Waals surface area contributed by atoms with Gasteiger partial charge in [0.2, 0.25) is 0 Å². The number of hydrogen-bond acceptors (Lipinski definition) is 2. The van der Waals surface area contributed by atoms with Crippen molar-refractivity contribution in [2.24, 2.45) is 29.1 Å². The molecule has 4 aliphatic rings. The van der Waals surface area contributed by atoms with Crippen LogP contribution in [-0.2, 0) is 9.22 Å². The average molecular weight is 371 g/mol. The van der Waals surface area contributed by atoms with Crippen LogP contribution in [-0.4, -0.2) is 19.7 Å². The van der Waals surface area contributed by atoms with Crippen molar-refractivity contribution in [2.75, 3.05) is 0 Å². The molecule has 2 nitrogen and oxygen atoms in total. The van der Waals surface area contributed by atoms with E-state index in [9.17, 15) is 4.79 Å². The van der Waals surface area contributed by atoms with Crippen molar-refractivity contribution in [3.8, 4) is 12.3 Å². The van der Waals surface area contributed by atoms with Crippen molar-refractivity contribution in [1.82, 2.24) is 0 Å². The molecule has 3 fully saturated rings. The normalized spacial score (nSPS) is 45.2. The van der Waals surface area contributed by atoms with Gasteiger partial charge in [0.15, 0.2) is 14.1 Å². The third-order valence-electron chi connectivity index (χ3n) is 8.13. The van der Waals surface area contributed by atoms with Crippen molar-refractivity contribution < 1.29 is 9.22 Å². The van der Waals surface area contributed by atoms with E-state index in [4.69, 9.17) is 10.8 Å². The molecule has 6 atom stereocenters. The number of terminal acetylenes is 1. The van der Waals surface area contributed by atoms with Crippen LogP contribution in [0, 0.1) is 41.4 Å². The molecule has 0 aromatic heterocycles. The van der Waals surface area contributed by atoms with E-state index >= 15 is 0 Å². The topological polar surface area (TPSA) is 26.3 Å². The lowest BCUT2D eigenvalue weighted by Gasteiger charge is -2.56. The first-order valence-corrected chi connectivity index (χ1v) is 14.0. The maximum absolute atomic E-state index is 11.9. The third-order valence-corrected chi connectivity index (χ3v) is 9.09. The minimum atomic E-state index is -1.71. The van der Waals surface area contributed by atoms with Gasteiger partial charge in [-0.15, -0.1) is 6.42 Å². The molecule has 0 heterocycles. The summed E-state index contributed by atoms with van der Waals surface area (Å²) in [6.07, 6.45) is 17.1. The van der Waals surface area contributed by atoms with Gasteiger partial charge in [0, 0.05) is 11.8 Å². The molecule has 0 aromatic carbocycles. The van der Waals surface area contributed by atoms with Gasteiger partial charge in [0.25, 0.3) is 0 Å². The number of fused-ring (bicyclic) bond motifs is 5. The predicted molar refractivity (Wildman–Crippen MR) is 108 cm³/mol. The zero-order chi connectivity index (χ0) is 18.7. The average Bonchev–Trinajstić information content (AvgIpc) is 2.86. The van der Waals surface area contributed by atoms with E-state index in [1.807, 2.05) is 6.08 Å². The maximum atomic E-state index is 11.9. The van der Waals surface area contributed by atoms with Gasteiger partial charge in [-0.05, 0) is 94.3 Å². The number of allylic oxidation sites excluding steroid dienone is 1. The van der Waals surface area contributed by atoms with E-state index in [1.165, 1.54) is 31.3 Å². The third kappa shape index (κ3) is 2.68. The number of ketones is 1. The molecule has 0 aliphatic heterocycles. The highest BCUT2D eigenvalue weighted by molar-refractivity contribution is 6.69. The van der Waals surface area contributed by atoms with Crippen molar-refractivity contribution in [1.29, 1.82) is 0 Å². The molecule has 142 valence electrons. The fraction of sp³-hybridized carbons (Fsp3) is 0.783. The van der Waals surface area contributed by atoms with Crippen LogP contribution < -0.4 is 0 Å². The molecule has 4 aliphatic carbocycles. The quantitative estimate of drug-likeness (QED) is 0.484. The molecule has 3 heteroatoms. The smallest absolute Gasteiger partial charge is 0.185 e. The van der Waals surface area contributed by atoms with E-state index in [1.54, 1.807) is 0 Å². The van der Waals surface area contributed by atoms with Gasteiger partial charge in [0.05, 0.1) is 0 Å². The van der Waals surface area contributed by atoms with E-state index in [2.05, 4.69) is 32.5 Å². The Morgan fingerprint density at radius 2 is 1.88 bits per heavy atom. The van der Waals surface area contributed by atoms with Gasteiger partial charge in [-0.3, -0.25) is 4.79 Å². The largest absolute Gasteiger partial charge is 0.401 e. The van der Waals surface area contributed by atoms with Gasteiger partial charge in [0.1, 0.15) is 5.60 Å². The summed E-state index contributed by atoms with van der Waals surface area (Å²) in [7, 11) is -1.71. The van der Waals surface area contributed by atoms with Crippen LogP contribution in [0.5, 0.6) is 0 Å². The molecule has 0 N–H and O–H groups in total. The summed E-state index contributed by atoms with van der Waals surface area (Å²) in [5.74, 6) is 6.42. The second kappa shape index (κ2) is 6.08. The van der Waals surface area contributed by atoms with Gasteiger partial charge in [-0.2, -0.15) is 0 Å². The van der Waals surface area contributed by atoms with Crippen LogP contribution in [0.4, 0.5) is 0 Å². The summed E-state index contributed by atoms with van der Waals surface area (Å²) >= 11 is 0. The minimum absolute atomic E-state index is 0.120. The zero-order valence-corrected chi connectivity index (χ0v) is 17.9. The molecule has 0 aromatic rings. The Morgan fingerprint density at radius 3 is 2.58 bits per heavy atom. The molecule has 0 saturated heterocycles. The number of carbonyl (C=O) groups excluding carboxylic acids is 1. The molecule has 0 bridgehead atoms. The lowest BCUT2D eigenvalue weighted by Crippen LogP contribution is -2.56. The Balaban J connectivity index is 1.64. The van der Waals surface area contributed by atoms with E-state index < -0.39 is 8.32 Å². The van der Waals surface area contributed by atoms with Crippen LogP contribution in [0.15, 0.2) is 11.6 Å². The van der Waals surface area contributed by atoms with E-state index in [0.29, 0.717) is 17.6 Å². The molecular weight excluding hydrogens is 336 g/mol. The molecule has 0 radical (unpaired) electrons.